The van der Waals surface area contributed by atoms with Crippen molar-refractivity contribution in [3.8, 4) is 0 Å². The topological polar surface area (TPSA) is 206 Å². The van der Waals surface area contributed by atoms with Gasteiger partial charge in [0.1, 0.15) is 6.61 Å². The first-order valence-corrected chi connectivity index (χ1v) is 16.8. The quantitative estimate of drug-likeness (QED) is 0.0310. The molecule has 0 aromatic heterocycles. The van der Waals surface area contributed by atoms with Crippen LogP contribution < -0.4 is 48.4 Å². The Kier molecular flexibility index (Phi) is 23.9. The minimum atomic E-state index is -0.503. The zero-order valence-electron chi connectivity index (χ0n) is 28.2. The number of likely N-dealkylation sites (N-methyl/N-ethyl adjacent to an activating group) is 1. The van der Waals surface area contributed by atoms with Crippen LogP contribution in [-0.4, -0.2) is 144 Å². The lowest BCUT2D eigenvalue weighted by molar-refractivity contribution is -0.133. The van der Waals surface area contributed by atoms with Crippen LogP contribution in [0.4, 0.5) is 0 Å². The number of hydrogen-bond donors (Lipinski definition) is 10. The van der Waals surface area contributed by atoms with Crippen LogP contribution in [0.15, 0.2) is 0 Å². The molecule has 0 aromatic carbocycles. The van der Waals surface area contributed by atoms with Gasteiger partial charge in [-0.1, -0.05) is 34.1 Å². The summed E-state index contributed by atoms with van der Waals surface area (Å²) in [7, 11) is 0. The standard InChI is InChI=1S/C30H64N10O5/c1-5-8-24(15-34-11-10-33-12-13-35-25(21-41)16-37-27(23(3)4)18-32-6-2)36-17-26-9-7-14-40(26)30(44)20-39-28(42)19-38-29(43)22-45-31/h23-27,32-37,41H,5-22,31H2,1-4H3,(H,38,43)(H,39,42). The fraction of sp³-hybridized carbons (Fsp3) is 0.900. The molecule has 0 bridgehead atoms. The van der Waals surface area contributed by atoms with E-state index in [0.717, 1.165) is 78.0 Å². The molecule has 1 aliphatic rings. The number of likely N-dealkylation sites (tertiary alicyclic amines) is 1. The molecule has 1 saturated heterocycles. The fourth-order valence-electron chi connectivity index (χ4n) is 5.23. The summed E-state index contributed by atoms with van der Waals surface area (Å²) in [4.78, 5) is 42.1. The molecular weight excluding hydrogens is 580 g/mol. The van der Waals surface area contributed by atoms with Crippen LogP contribution in [0.1, 0.15) is 53.4 Å². The van der Waals surface area contributed by atoms with Crippen LogP contribution >= 0.6 is 0 Å². The van der Waals surface area contributed by atoms with E-state index < -0.39 is 11.8 Å². The van der Waals surface area contributed by atoms with Crippen LogP contribution in [0.25, 0.3) is 0 Å². The Hall–Kier alpha value is -1.95. The second-order valence-electron chi connectivity index (χ2n) is 12.0. The van der Waals surface area contributed by atoms with Gasteiger partial charge in [-0.2, -0.15) is 0 Å². The van der Waals surface area contributed by atoms with Crippen LogP contribution in [0.5, 0.6) is 0 Å². The number of nitrogens with zero attached hydrogens (tertiary/aromatic N) is 1. The monoisotopic (exact) mass is 645 g/mol. The number of carbonyl (C=O) groups is 3. The summed E-state index contributed by atoms with van der Waals surface area (Å²) < 4.78 is 0. The lowest BCUT2D eigenvalue weighted by Gasteiger charge is -2.28. The van der Waals surface area contributed by atoms with Crippen molar-refractivity contribution in [2.45, 2.75) is 77.5 Å². The van der Waals surface area contributed by atoms with Crippen LogP contribution in [0.3, 0.4) is 0 Å². The van der Waals surface area contributed by atoms with E-state index in [-0.39, 0.29) is 44.3 Å². The number of nitrogens with one attached hydrogen (secondary N) is 8. The molecule has 0 spiro atoms. The fourth-order valence-corrected chi connectivity index (χ4v) is 5.23. The molecule has 4 unspecified atom stereocenters. The minimum Gasteiger partial charge on any atom is -0.395 e. The van der Waals surface area contributed by atoms with Crippen molar-refractivity contribution >= 4 is 17.7 Å². The van der Waals surface area contributed by atoms with Crippen molar-refractivity contribution in [2.24, 2.45) is 11.8 Å². The number of aliphatic hydroxyl groups is 1. The first-order valence-electron chi connectivity index (χ1n) is 16.8. The Morgan fingerprint density at radius 2 is 1.62 bits per heavy atom. The minimum absolute atomic E-state index is 0.0234. The molecule has 15 nitrogen and oxygen atoms in total. The third-order valence-corrected chi connectivity index (χ3v) is 7.94. The van der Waals surface area contributed by atoms with Crippen molar-refractivity contribution < 1.29 is 24.3 Å². The lowest BCUT2D eigenvalue weighted by atomic mass is 10.0. The molecule has 11 N–H and O–H groups in total. The summed E-state index contributed by atoms with van der Waals surface area (Å²) in [5.74, 6) is 4.28. The molecule has 1 fully saturated rings. The zero-order valence-corrected chi connectivity index (χ0v) is 28.2. The molecule has 15 heteroatoms. The van der Waals surface area contributed by atoms with Crippen molar-refractivity contribution in [1.82, 2.24) is 47.4 Å². The number of amides is 3. The van der Waals surface area contributed by atoms with E-state index in [4.69, 9.17) is 5.90 Å². The van der Waals surface area contributed by atoms with Gasteiger partial charge in [0.15, 0.2) is 0 Å². The first-order chi connectivity index (χ1) is 21.7. The van der Waals surface area contributed by atoms with Crippen molar-refractivity contribution in [2.75, 3.05) is 91.8 Å². The normalized spacial score (nSPS) is 17.0. The van der Waals surface area contributed by atoms with E-state index in [2.05, 4.69) is 75.1 Å². The number of hydrogen-bond acceptors (Lipinski definition) is 12. The second-order valence-corrected chi connectivity index (χ2v) is 12.0. The molecule has 0 aliphatic carbocycles. The molecule has 3 amide bonds. The summed E-state index contributed by atoms with van der Waals surface area (Å²) in [6.07, 6.45) is 3.95. The zero-order chi connectivity index (χ0) is 33.3. The molecule has 1 rings (SSSR count). The smallest absolute Gasteiger partial charge is 0.248 e. The van der Waals surface area contributed by atoms with Gasteiger partial charge in [0.2, 0.25) is 17.7 Å². The number of rotatable bonds is 28. The molecule has 1 heterocycles. The van der Waals surface area contributed by atoms with Gasteiger partial charge >= 0.3 is 0 Å². The number of aliphatic hydroxyl groups excluding tert-OH is 1. The maximum absolute atomic E-state index is 12.8. The van der Waals surface area contributed by atoms with Crippen LogP contribution in [0.2, 0.25) is 0 Å². The van der Waals surface area contributed by atoms with E-state index in [9.17, 15) is 19.5 Å². The predicted octanol–water partition coefficient (Wildman–Crippen LogP) is -2.79. The number of nitrogens with two attached hydrogens (primary N) is 1. The van der Waals surface area contributed by atoms with Gasteiger partial charge in [-0.25, -0.2) is 5.90 Å². The predicted molar refractivity (Wildman–Crippen MR) is 177 cm³/mol. The third-order valence-electron chi connectivity index (χ3n) is 7.94. The highest BCUT2D eigenvalue weighted by Gasteiger charge is 2.29. The SMILES string of the molecule is CCCC(CNCCNCCNC(CO)CNC(CNCC)C(C)C)NCC1CCCN1C(=O)CNC(=O)CNC(=O)CON. The average molecular weight is 645 g/mol. The van der Waals surface area contributed by atoms with Gasteiger partial charge in [-0.05, 0) is 31.7 Å². The molecule has 0 saturated carbocycles. The van der Waals surface area contributed by atoms with Crippen molar-refractivity contribution in [3.05, 3.63) is 0 Å². The highest BCUT2D eigenvalue weighted by atomic mass is 16.6. The Balaban J connectivity index is 2.25. The molecule has 0 aromatic rings. The lowest BCUT2D eigenvalue weighted by Crippen LogP contribution is -2.50. The Morgan fingerprint density at radius 1 is 0.889 bits per heavy atom. The number of carbonyl (C=O) groups excluding carboxylic acids is 3. The van der Waals surface area contributed by atoms with E-state index in [0.29, 0.717) is 31.1 Å². The van der Waals surface area contributed by atoms with Gasteiger partial charge < -0.3 is 52.5 Å². The second kappa shape index (κ2) is 26.2. The largest absolute Gasteiger partial charge is 0.395 e. The highest BCUT2D eigenvalue weighted by molar-refractivity contribution is 5.88. The molecule has 45 heavy (non-hydrogen) atoms. The van der Waals surface area contributed by atoms with Crippen LogP contribution in [0, 0.1) is 5.92 Å². The Labute approximate surface area is 270 Å². The molecule has 4 atom stereocenters. The van der Waals surface area contributed by atoms with Crippen molar-refractivity contribution in [1.29, 1.82) is 0 Å². The summed E-state index contributed by atoms with van der Waals surface area (Å²) in [5.41, 5.74) is 0. The van der Waals surface area contributed by atoms with Gasteiger partial charge in [0.25, 0.3) is 0 Å². The maximum atomic E-state index is 12.8. The van der Waals surface area contributed by atoms with E-state index in [1.54, 1.807) is 0 Å². The Bertz CT molecular complexity index is 794. The van der Waals surface area contributed by atoms with Gasteiger partial charge in [-0.3, -0.25) is 19.2 Å². The molecule has 264 valence electrons. The summed E-state index contributed by atoms with van der Waals surface area (Å²) >= 11 is 0. The van der Waals surface area contributed by atoms with Crippen molar-refractivity contribution in [3.63, 3.8) is 0 Å². The van der Waals surface area contributed by atoms with Gasteiger partial charge in [-0.15, -0.1) is 0 Å². The summed E-state index contributed by atoms with van der Waals surface area (Å²) in [6.45, 7) is 16.3. The molecule has 0 radical (unpaired) electrons. The summed E-state index contributed by atoms with van der Waals surface area (Å²) in [5, 5.41) is 35.7. The highest BCUT2D eigenvalue weighted by Crippen LogP contribution is 2.17. The van der Waals surface area contributed by atoms with E-state index in [1.807, 2.05) is 4.90 Å². The Morgan fingerprint density at radius 3 is 2.31 bits per heavy atom. The summed E-state index contributed by atoms with van der Waals surface area (Å²) in [6, 6.07) is 0.790. The van der Waals surface area contributed by atoms with Gasteiger partial charge in [0, 0.05) is 83.1 Å². The maximum Gasteiger partial charge on any atom is 0.248 e. The third kappa shape index (κ3) is 19.3. The van der Waals surface area contributed by atoms with Gasteiger partial charge in [0.05, 0.1) is 19.7 Å². The molecule has 1 aliphatic heterocycles. The van der Waals surface area contributed by atoms with E-state index in [1.165, 1.54) is 0 Å². The van der Waals surface area contributed by atoms with E-state index >= 15 is 0 Å². The van der Waals surface area contributed by atoms with Crippen LogP contribution in [-0.2, 0) is 19.2 Å². The first kappa shape index (κ1) is 41.1. The average Bonchev–Trinajstić information content (AvgIpc) is 3.50. The molecular formula is C30H64N10O5.